The zero-order valence-corrected chi connectivity index (χ0v) is 19.9. The van der Waals surface area contributed by atoms with E-state index < -0.39 is 11.9 Å². The maximum atomic E-state index is 14.1. The molecular formula is C27H22ClFN4O2. The number of nitrogens with zero attached hydrogens (tertiary/aromatic N) is 3. The van der Waals surface area contributed by atoms with Gasteiger partial charge < -0.3 is 9.84 Å². The molecule has 2 amide bonds. The van der Waals surface area contributed by atoms with Crippen LogP contribution in [-0.4, -0.2) is 16.2 Å². The van der Waals surface area contributed by atoms with Gasteiger partial charge in [0.15, 0.2) is 0 Å². The molecule has 176 valence electrons. The van der Waals surface area contributed by atoms with Gasteiger partial charge in [0.2, 0.25) is 5.82 Å². The minimum absolute atomic E-state index is 0.235. The van der Waals surface area contributed by atoms with Crippen LogP contribution < -0.4 is 10.2 Å². The van der Waals surface area contributed by atoms with Crippen LogP contribution in [0.2, 0.25) is 5.02 Å². The van der Waals surface area contributed by atoms with Gasteiger partial charge >= 0.3 is 6.03 Å². The summed E-state index contributed by atoms with van der Waals surface area (Å²) in [4.78, 5) is 19.5. The molecule has 2 heterocycles. The zero-order valence-electron chi connectivity index (χ0n) is 19.1. The van der Waals surface area contributed by atoms with Gasteiger partial charge in [-0.3, -0.25) is 4.90 Å². The molecule has 8 heteroatoms. The van der Waals surface area contributed by atoms with Crippen LogP contribution in [0, 0.1) is 5.82 Å². The van der Waals surface area contributed by atoms with Crippen LogP contribution in [0.15, 0.2) is 83.0 Å². The summed E-state index contributed by atoms with van der Waals surface area (Å²) < 4.78 is 19.8. The Balaban J connectivity index is 1.66. The lowest BCUT2D eigenvalue weighted by Crippen LogP contribution is -2.46. The van der Waals surface area contributed by atoms with Gasteiger partial charge in [0.25, 0.3) is 5.89 Å². The molecule has 1 atom stereocenters. The lowest BCUT2D eigenvalue weighted by Gasteiger charge is -2.35. The van der Waals surface area contributed by atoms with Crippen LogP contribution in [0.1, 0.15) is 36.9 Å². The predicted octanol–water partition coefficient (Wildman–Crippen LogP) is 6.79. The fourth-order valence-electron chi connectivity index (χ4n) is 4.23. The average molecular weight is 489 g/mol. The van der Waals surface area contributed by atoms with Gasteiger partial charge in [-0.2, -0.15) is 4.98 Å². The third kappa shape index (κ3) is 4.42. The highest BCUT2D eigenvalue weighted by Gasteiger charge is 2.36. The van der Waals surface area contributed by atoms with Crippen LogP contribution in [0.4, 0.5) is 14.9 Å². The second kappa shape index (κ2) is 9.35. The molecule has 0 saturated heterocycles. The van der Waals surface area contributed by atoms with Crippen molar-refractivity contribution in [3.05, 3.63) is 106 Å². The summed E-state index contributed by atoms with van der Waals surface area (Å²) in [6, 6.07) is 20.0. The zero-order chi connectivity index (χ0) is 24.5. The van der Waals surface area contributed by atoms with Crippen LogP contribution in [0.5, 0.6) is 0 Å². The fraction of sp³-hybridized carbons (Fsp3) is 0.148. The number of allylic oxidation sites excluding steroid dienone is 1. The molecule has 5 rings (SSSR count). The molecule has 0 fully saturated rings. The van der Waals surface area contributed by atoms with Crippen molar-refractivity contribution in [2.24, 2.45) is 0 Å². The Hall–Kier alpha value is -3.97. The van der Waals surface area contributed by atoms with Crippen LogP contribution >= 0.6 is 11.6 Å². The van der Waals surface area contributed by atoms with Crippen LogP contribution in [0.3, 0.4) is 0 Å². The monoisotopic (exact) mass is 488 g/mol. The van der Waals surface area contributed by atoms with Crippen molar-refractivity contribution in [2.45, 2.75) is 26.3 Å². The summed E-state index contributed by atoms with van der Waals surface area (Å²) in [5.74, 6) is 0.212. The molecule has 1 unspecified atom stereocenters. The highest BCUT2D eigenvalue weighted by atomic mass is 35.5. The number of urea groups is 1. The van der Waals surface area contributed by atoms with E-state index in [0.29, 0.717) is 33.4 Å². The summed E-state index contributed by atoms with van der Waals surface area (Å²) in [7, 11) is 0. The summed E-state index contributed by atoms with van der Waals surface area (Å²) in [5.41, 5.74) is 4.32. The fourth-order valence-corrected chi connectivity index (χ4v) is 4.36. The number of aryl methyl sites for hydroxylation is 1. The number of rotatable bonds is 5. The standard InChI is InChI=1S/C27H22ClFN4O2/c1-3-17-6-4-9-22(14-17)33-16(2)23(24(30-27(33)34)19-7-5-8-21(29)15-19)26-31-25(32-35-26)18-10-12-20(28)13-11-18/h4-15,24H,3H2,1-2H3,(H,30,34). The molecule has 4 aromatic rings. The van der Waals surface area contributed by atoms with Gasteiger partial charge in [0.05, 0.1) is 17.3 Å². The number of aromatic nitrogens is 2. The lowest BCUT2D eigenvalue weighted by molar-refractivity contribution is 0.244. The second-order valence-electron chi connectivity index (χ2n) is 8.23. The number of hydrogen-bond donors (Lipinski definition) is 1. The summed E-state index contributed by atoms with van der Waals surface area (Å²) in [5, 5.41) is 7.74. The highest BCUT2D eigenvalue weighted by molar-refractivity contribution is 6.30. The van der Waals surface area contributed by atoms with Gasteiger partial charge in [-0.05, 0) is 73.0 Å². The number of anilines is 1. The molecule has 0 radical (unpaired) electrons. The molecule has 1 aliphatic rings. The van der Waals surface area contributed by atoms with Gasteiger partial charge in [-0.15, -0.1) is 0 Å². The average Bonchev–Trinajstić information content (AvgIpc) is 3.34. The van der Waals surface area contributed by atoms with E-state index in [1.165, 1.54) is 12.1 Å². The molecule has 6 nitrogen and oxygen atoms in total. The Morgan fingerprint density at radius 1 is 1.09 bits per heavy atom. The number of nitrogens with one attached hydrogen (secondary N) is 1. The van der Waals surface area contributed by atoms with E-state index in [9.17, 15) is 9.18 Å². The number of carbonyl (C=O) groups is 1. The SMILES string of the molecule is CCc1cccc(N2C(=O)NC(c3cccc(F)c3)C(c3nc(-c4ccc(Cl)cc4)no3)=C2C)c1. The summed E-state index contributed by atoms with van der Waals surface area (Å²) in [6.45, 7) is 3.88. The van der Waals surface area contributed by atoms with E-state index in [4.69, 9.17) is 16.1 Å². The number of halogens is 2. The van der Waals surface area contributed by atoms with E-state index >= 15 is 0 Å². The molecule has 0 aliphatic carbocycles. The van der Waals surface area contributed by atoms with Crippen LogP contribution in [-0.2, 0) is 6.42 Å². The summed E-state index contributed by atoms with van der Waals surface area (Å²) >= 11 is 6.01. The predicted molar refractivity (Wildman–Crippen MR) is 133 cm³/mol. The van der Waals surface area contributed by atoms with Crippen molar-refractivity contribution in [3.8, 4) is 11.4 Å². The Kier molecular flexibility index (Phi) is 6.09. The second-order valence-corrected chi connectivity index (χ2v) is 8.66. The molecule has 35 heavy (non-hydrogen) atoms. The smallest absolute Gasteiger partial charge is 0.326 e. The van der Waals surface area contributed by atoms with Crippen molar-refractivity contribution in [2.75, 3.05) is 4.90 Å². The largest absolute Gasteiger partial charge is 0.334 e. The van der Waals surface area contributed by atoms with Gasteiger partial charge in [0, 0.05) is 16.3 Å². The summed E-state index contributed by atoms with van der Waals surface area (Å²) in [6.07, 6.45) is 0.832. The molecule has 0 saturated carbocycles. The van der Waals surface area contributed by atoms with Crippen molar-refractivity contribution in [1.29, 1.82) is 0 Å². The van der Waals surface area contributed by atoms with Crippen molar-refractivity contribution < 1.29 is 13.7 Å². The van der Waals surface area contributed by atoms with E-state index in [2.05, 4.69) is 22.4 Å². The van der Waals surface area contributed by atoms with E-state index in [1.807, 2.05) is 31.2 Å². The Bertz CT molecular complexity index is 1430. The molecule has 3 aromatic carbocycles. The minimum Gasteiger partial charge on any atom is -0.334 e. The van der Waals surface area contributed by atoms with Gasteiger partial charge in [-0.1, -0.05) is 47.9 Å². The first-order valence-electron chi connectivity index (χ1n) is 11.2. The van der Waals surface area contributed by atoms with E-state index in [0.717, 1.165) is 17.5 Å². The Morgan fingerprint density at radius 2 is 1.86 bits per heavy atom. The molecule has 0 bridgehead atoms. The topological polar surface area (TPSA) is 71.3 Å². The molecule has 1 aromatic heterocycles. The Morgan fingerprint density at radius 3 is 2.60 bits per heavy atom. The third-order valence-electron chi connectivity index (χ3n) is 6.00. The van der Waals surface area contributed by atoms with Crippen LogP contribution in [0.25, 0.3) is 17.0 Å². The normalized spacial score (nSPS) is 15.9. The first-order valence-corrected chi connectivity index (χ1v) is 11.6. The number of benzene rings is 3. The van der Waals surface area contributed by atoms with Crippen molar-refractivity contribution in [3.63, 3.8) is 0 Å². The van der Waals surface area contributed by atoms with Gasteiger partial charge in [-0.25, -0.2) is 9.18 Å². The lowest BCUT2D eigenvalue weighted by atomic mass is 9.94. The number of amides is 2. The number of hydrogen-bond acceptors (Lipinski definition) is 4. The Labute approximate surface area is 207 Å². The van der Waals surface area contributed by atoms with Crippen molar-refractivity contribution in [1.82, 2.24) is 15.5 Å². The molecule has 1 aliphatic heterocycles. The molecule has 0 spiro atoms. The maximum absolute atomic E-state index is 14.1. The van der Waals surface area contributed by atoms with Gasteiger partial charge in [0.1, 0.15) is 5.82 Å². The first-order chi connectivity index (χ1) is 16.9. The third-order valence-corrected chi connectivity index (χ3v) is 6.25. The first kappa shape index (κ1) is 22.8. The van der Waals surface area contributed by atoms with Crippen molar-refractivity contribution >= 4 is 28.9 Å². The molecular weight excluding hydrogens is 467 g/mol. The van der Waals surface area contributed by atoms with E-state index in [1.54, 1.807) is 41.3 Å². The highest BCUT2D eigenvalue weighted by Crippen LogP contribution is 2.39. The number of carbonyl (C=O) groups excluding carboxylic acids is 1. The molecule has 1 N–H and O–H groups in total. The van der Waals surface area contributed by atoms with E-state index in [-0.39, 0.29) is 11.9 Å². The maximum Gasteiger partial charge on any atom is 0.326 e. The quantitative estimate of drug-likeness (QED) is 0.335. The minimum atomic E-state index is -0.678.